The Morgan fingerprint density at radius 2 is 2.10 bits per heavy atom. The first-order valence-corrected chi connectivity index (χ1v) is 7.17. The molecule has 6 heteroatoms. The molecule has 2 fully saturated rings. The number of aliphatic hydroxyl groups excluding tert-OH is 1. The average Bonchev–Trinajstić information content (AvgIpc) is 2.62. The molecular weight excluding hydrogens is 264 g/mol. The fourth-order valence-corrected chi connectivity index (χ4v) is 2.49. The molecule has 0 amide bonds. The average molecular weight is 288 g/mol. The molecule has 20 heavy (non-hydrogen) atoms. The second-order valence-electron chi connectivity index (χ2n) is 5.88. The van der Waals surface area contributed by atoms with Crippen LogP contribution in [0.2, 0.25) is 0 Å². The summed E-state index contributed by atoms with van der Waals surface area (Å²) in [6.07, 6.45) is -0.772. The number of hydrogen-bond donors (Lipinski definition) is 1. The molecule has 0 spiro atoms. The molecule has 2 saturated heterocycles. The van der Waals surface area contributed by atoms with Crippen LogP contribution in [0.15, 0.2) is 0 Å². The summed E-state index contributed by atoms with van der Waals surface area (Å²) >= 11 is 0. The lowest BCUT2D eigenvalue weighted by atomic mass is 10.1. The maximum Gasteiger partial charge on any atom is 0.187 e. The first kappa shape index (κ1) is 15.9. The van der Waals surface area contributed by atoms with Crippen molar-refractivity contribution in [3.63, 3.8) is 0 Å². The van der Waals surface area contributed by atoms with Crippen molar-refractivity contribution in [1.82, 2.24) is 0 Å². The van der Waals surface area contributed by atoms with Crippen LogP contribution in [0.4, 0.5) is 0 Å². The number of Topliss-reactive ketones (excluding diaryl/α,β-unsaturated/α-hetero) is 1. The third-order valence-corrected chi connectivity index (χ3v) is 3.44. The zero-order valence-electron chi connectivity index (χ0n) is 12.3. The first-order valence-electron chi connectivity index (χ1n) is 7.17. The Morgan fingerprint density at radius 3 is 2.75 bits per heavy atom. The Morgan fingerprint density at radius 1 is 1.35 bits per heavy atom. The van der Waals surface area contributed by atoms with Crippen LogP contribution in [0.5, 0.6) is 0 Å². The van der Waals surface area contributed by atoms with Crippen molar-refractivity contribution in [2.24, 2.45) is 0 Å². The molecule has 1 unspecified atom stereocenters. The number of rotatable bonds is 2. The molecule has 0 saturated carbocycles. The van der Waals surface area contributed by atoms with Crippen LogP contribution in [0, 0.1) is 0 Å². The van der Waals surface area contributed by atoms with Crippen LogP contribution >= 0.6 is 0 Å². The van der Waals surface area contributed by atoms with E-state index in [0.717, 1.165) is 6.42 Å². The lowest BCUT2D eigenvalue weighted by Crippen LogP contribution is -2.38. The van der Waals surface area contributed by atoms with Crippen molar-refractivity contribution >= 4 is 5.78 Å². The molecule has 1 N–H and O–H groups in total. The van der Waals surface area contributed by atoms with E-state index in [4.69, 9.17) is 18.9 Å². The Balaban J connectivity index is 1.96. The quantitative estimate of drug-likeness (QED) is 0.817. The molecule has 6 nitrogen and oxygen atoms in total. The first-order chi connectivity index (χ1) is 9.37. The maximum absolute atomic E-state index is 12.1. The normalized spacial score (nSPS) is 39.1. The van der Waals surface area contributed by atoms with E-state index in [0.29, 0.717) is 13.0 Å². The summed E-state index contributed by atoms with van der Waals surface area (Å²) in [6.45, 7) is 6.16. The summed E-state index contributed by atoms with van der Waals surface area (Å²) in [5, 5.41) is 9.74. The third kappa shape index (κ3) is 4.23. The number of ether oxygens (including phenoxy) is 4. The Kier molecular flexibility index (Phi) is 5.14. The highest BCUT2D eigenvalue weighted by Gasteiger charge is 2.41. The number of hydrogen-bond acceptors (Lipinski definition) is 6. The van der Waals surface area contributed by atoms with Gasteiger partial charge in [0.15, 0.2) is 17.9 Å². The minimum absolute atomic E-state index is 0.0966. The van der Waals surface area contributed by atoms with Gasteiger partial charge in [-0.15, -0.1) is 0 Å². The summed E-state index contributed by atoms with van der Waals surface area (Å²) in [4.78, 5) is 12.1. The smallest absolute Gasteiger partial charge is 0.187 e. The van der Waals surface area contributed by atoms with Crippen LogP contribution in [0.25, 0.3) is 0 Å². The number of carbonyl (C=O) groups is 1. The Labute approximate surface area is 119 Å². The number of aliphatic hydroxyl groups is 1. The predicted octanol–water partition coefficient (Wildman–Crippen LogP) is 1.000. The SMILES string of the molecule is C[C@H]1OC(C)(C)O[C@H]1O[C@H]1COCCCC(O)CC1=O. The molecule has 2 aliphatic heterocycles. The Bertz CT molecular complexity index is 343. The second-order valence-corrected chi connectivity index (χ2v) is 5.88. The van der Waals surface area contributed by atoms with Crippen LogP contribution in [0.1, 0.15) is 40.0 Å². The van der Waals surface area contributed by atoms with Gasteiger partial charge in [0.2, 0.25) is 0 Å². The van der Waals surface area contributed by atoms with Gasteiger partial charge in [-0.3, -0.25) is 4.79 Å². The molecule has 0 aromatic carbocycles. The van der Waals surface area contributed by atoms with Crippen molar-refractivity contribution in [2.45, 2.75) is 70.4 Å². The largest absolute Gasteiger partial charge is 0.393 e. The van der Waals surface area contributed by atoms with E-state index in [-0.39, 0.29) is 24.9 Å². The summed E-state index contributed by atoms with van der Waals surface area (Å²) in [7, 11) is 0. The van der Waals surface area contributed by atoms with Gasteiger partial charge < -0.3 is 24.1 Å². The fourth-order valence-electron chi connectivity index (χ4n) is 2.49. The highest BCUT2D eigenvalue weighted by molar-refractivity contribution is 5.83. The zero-order valence-corrected chi connectivity index (χ0v) is 12.3. The monoisotopic (exact) mass is 288 g/mol. The van der Waals surface area contributed by atoms with Gasteiger partial charge in [-0.05, 0) is 33.6 Å². The Hall–Kier alpha value is -0.530. The summed E-state index contributed by atoms with van der Waals surface area (Å²) in [5.41, 5.74) is 0. The van der Waals surface area contributed by atoms with Crippen molar-refractivity contribution < 1.29 is 28.8 Å². The summed E-state index contributed by atoms with van der Waals surface area (Å²) in [6, 6.07) is 0. The summed E-state index contributed by atoms with van der Waals surface area (Å²) in [5.74, 6) is -0.869. The lowest BCUT2D eigenvalue weighted by molar-refractivity contribution is -0.210. The summed E-state index contributed by atoms with van der Waals surface area (Å²) < 4.78 is 22.4. The van der Waals surface area contributed by atoms with E-state index in [1.807, 2.05) is 6.92 Å². The van der Waals surface area contributed by atoms with E-state index in [1.165, 1.54) is 0 Å². The number of ketones is 1. The topological polar surface area (TPSA) is 74.2 Å². The van der Waals surface area contributed by atoms with Crippen molar-refractivity contribution in [1.29, 1.82) is 0 Å². The van der Waals surface area contributed by atoms with Gasteiger partial charge in [-0.25, -0.2) is 0 Å². The molecule has 0 bridgehead atoms. The van der Waals surface area contributed by atoms with Crippen LogP contribution in [-0.4, -0.2) is 54.5 Å². The van der Waals surface area contributed by atoms with E-state index in [1.54, 1.807) is 13.8 Å². The molecule has 0 aromatic rings. The van der Waals surface area contributed by atoms with Crippen LogP contribution in [0.3, 0.4) is 0 Å². The number of carbonyl (C=O) groups excluding carboxylic acids is 1. The van der Waals surface area contributed by atoms with E-state index < -0.39 is 24.3 Å². The molecule has 116 valence electrons. The van der Waals surface area contributed by atoms with Crippen molar-refractivity contribution in [2.75, 3.05) is 13.2 Å². The van der Waals surface area contributed by atoms with E-state index in [2.05, 4.69) is 0 Å². The van der Waals surface area contributed by atoms with Gasteiger partial charge in [0.05, 0.1) is 12.7 Å². The zero-order chi connectivity index (χ0) is 14.8. The molecular formula is C14H24O6. The highest BCUT2D eigenvalue weighted by atomic mass is 16.8. The van der Waals surface area contributed by atoms with Crippen molar-refractivity contribution in [3.8, 4) is 0 Å². The van der Waals surface area contributed by atoms with Crippen LogP contribution < -0.4 is 0 Å². The second kappa shape index (κ2) is 6.49. The fraction of sp³-hybridized carbons (Fsp3) is 0.929. The van der Waals surface area contributed by atoms with E-state index >= 15 is 0 Å². The van der Waals surface area contributed by atoms with Crippen LogP contribution in [-0.2, 0) is 23.7 Å². The highest BCUT2D eigenvalue weighted by Crippen LogP contribution is 2.29. The van der Waals surface area contributed by atoms with Gasteiger partial charge in [0, 0.05) is 13.0 Å². The maximum atomic E-state index is 12.1. The molecule has 0 radical (unpaired) electrons. The minimum atomic E-state index is -0.716. The molecule has 4 atom stereocenters. The van der Waals surface area contributed by atoms with Gasteiger partial charge in [-0.1, -0.05) is 0 Å². The van der Waals surface area contributed by atoms with Gasteiger partial charge in [0.25, 0.3) is 0 Å². The third-order valence-electron chi connectivity index (χ3n) is 3.44. The standard InChI is InChI=1S/C14H24O6/c1-9-13(20-14(2,3)19-9)18-12-8-17-6-4-5-10(15)7-11(12)16/h9-10,12-13,15H,4-8H2,1-3H3/t9-,10?,12+,13-/m1/s1. The van der Waals surface area contributed by atoms with E-state index in [9.17, 15) is 9.90 Å². The minimum Gasteiger partial charge on any atom is -0.393 e. The lowest BCUT2D eigenvalue weighted by Gasteiger charge is -2.22. The van der Waals surface area contributed by atoms with Gasteiger partial charge >= 0.3 is 0 Å². The molecule has 0 aromatic heterocycles. The molecule has 2 rings (SSSR count). The molecule has 2 aliphatic rings. The molecule has 0 aliphatic carbocycles. The van der Waals surface area contributed by atoms with Gasteiger partial charge in [-0.2, -0.15) is 0 Å². The van der Waals surface area contributed by atoms with Gasteiger partial charge in [0.1, 0.15) is 12.2 Å². The predicted molar refractivity (Wildman–Crippen MR) is 70.1 cm³/mol. The molecule has 2 heterocycles. The van der Waals surface area contributed by atoms with Crippen molar-refractivity contribution in [3.05, 3.63) is 0 Å².